The molecule has 3 aliphatic heterocycles. The number of carboxylic acids is 1. The predicted octanol–water partition coefficient (Wildman–Crippen LogP) is 6.15. The number of rotatable bonds is 6. The molecule has 0 amide bonds. The Morgan fingerprint density at radius 1 is 1.27 bits per heavy atom. The molecule has 0 aliphatic carbocycles. The van der Waals surface area contributed by atoms with E-state index in [-0.39, 0.29) is 72.7 Å². The molecule has 0 spiro atoms. The molecule has 3 aliphatic rings. The van der Waals surface area contributed by atoms with E-state index in [0.717, 1.165) is 30.7 Å². The first-order valence-corrected chi connectivity index (χ1v) is 15.9. The minimum absolute atomic E-state index is 0.0172. The van der Waals surface area contributed by atoms with Crippen molar-refractivity contribution in [1.29, 1.82) is 5.26 Å². The maximum atomic E-state index is 16.8. The fraction of sp³-hybridized carbons (Fsp3) is 0.419. The zero-order valence-corrected chi connectivity index (χ0v) is 25.5. The number of aromatic nitrogens is 2. The number of carbonyl (C=O) groups is 1. The van der Waals surface area contributed by atoms with Crippen LogP contribution in [0.5, 0.6) is 6.01 Å². The van der Waals surface area contributed by atoms with Gasteiger partial charge in [0.2, 0.25) is 0 Å². The number of piperidine rings is 1. The molecule has 3 fully saturated rings. The number of halogens is 4. The predicted molar refractivity (Wildman–Crippen MR) is 166 cm³/mol. The van der Waals surface area contributed by atoms with Crippen LogP contribution in [0.15, 0.2) is 18.2 Å². The van der Waals surface area contributed by atoms with Crippen LogP contribution in [0.4, 0.5) is 24.0 Å². The third-order valence-electron chi connectivity index (χ3n) is 9.34. The van der Waals surface area contributed by atoms with E-state index in [2.05, 4.69) is 14.9 Å². The monoisotopic (exact) mass is 656 g/mol. The average Bonchev–Trinajstić information content (AvgIpc) is 3.66. The zero-order valence-electron chi connectivity index (χ0n) is 24.0. The molecule has 3 atom stereocenters. The largest absolute Gasteiger partial charge is 0.481 e. The normalized spacial score (nSPS) is 23.5. The second kappa shape index (κ2) is 11.2. The van der Waals surface area contributed by atoms with E-state index in [0.29, 0.717) is 32.4 Å². The highest BCUT2D eigenvalue weighted by Crippen LogP contribution is 2.46. The van der Waals surface area contributed by atoms with Gasteiger partial charge in [0.25, 0.3) is 0 Å². The van der Waals surface area contributed by atoms with Gasteiger partial charge in [0.1, 0.15) is 41.0 Å². The van der Waals surface area contributed by atoms with Gasteiger partial charge < -0.3 is 20.5 Å². The van der Waals surface area contributed by atoms with Crippen molar-refractivity contribution in [2.75, 3.05) is 43.4 Å². The summed E-state index contributed by atoms with van der Waals surface area (Å²) in [5, 5.41) is 20.0. The lowest BCUT2D eigenvalue weighted by atomic mass is 9.95. The number of benzene rings is 2. The SMILES string of the molecule is N#Cc1c(N)sc2c(F)ccc(-c3c(Cl)cc4c(N5CCCC(C(=O)O)C5)nc(OC[C@@]56CCCN5C[C@H](F)C6)nc4c3F)c12. The topological polar surface area (TPSA) is 129 Å². The fourth-order valence-electron chi connectivity index (χ4n) is 7.24. The maximum absolute atomic E-state index is 16.8. The minimum Gasteiger partial charge on any atom is -0.481 e. The van der Waals surface area contributed by atoms with Gasteiger partial charge in [0, 0.05) is 42.4 Å². The molecule has 1 unspecified atom stereocenters. The van der Waals surface area contributed by atoms with Gasteiger partial charge in [-0.05, 0) is 49.9 Å². The van der Waals surface area contributed by atoms with Crippen LogP contribution in [0.2, 0.25) is 5.02 Å². The van der Waals surface area contributed by atoms with Crippen LogP contribution in [0.25, 0.3) is 32.1 Å². The number of anilines is 2. The van der Waals surface area contributed by atoms with Gasteiger partial charge in [-0.25, -0.2) is 13.2 Å². The molecule has 45 heavy (non-hydrogen) atoms. The molecule has 4 aromatic rings. The van der Waals surface area contributed by atoms with Gasteiger partial charge in [-0.3, -0.25) is 9.69 Å². The summed E-state index contributed by atoms with van der Waals surface area (Å²) < 4.78 is 52.3. The molecular weight excluding hydrogens is 629 g/mol. The summed E-state index contributed by atoms with van der Waals surface area (Å²) >= 11 is 7.64. The number of hydrogen-bond donors (Lipinski definition) is 2. The molecule has 14 heteroatoms. The Hall–Kier alpha value is -3.86. The van der Waals surface area contributed by atoms with E-state index in [1.807, 2.05) is 6.07 Å². The molecule has 0 radical (unpaired) electrons. The molecule has 2 aromatic carbocycles. The fourth-order valence-corrected chi connectivity index (χ4v) is 8.48. The van der Waals surface area contributed by atoms with E-state index < -0.39 is 35.2 Å². The number of carboxylic acid groups (broad SMARTS) is 1. The van der Waals surface area contributed by atoms with Crippen molar-refractivity contribution in [1.82, 2.24) is 14.9 Å². The summed E-state index contributed by atoms with van der Waals surface area (Å²) in [5.41, 5.74) is 5.47. The van der Waals surface area contributed by atoms with Crippen molar-refractivity contribution in [3.63, 3.8) is 0 Å². The summed E-state index contributed by atoms with van der Waals surface area (Å²) in [6.07, 6.45) is 2.07. The Morgan fingerprint density at radius 2 is 2.09 bits per heavy atom. The van der Waals surface area contributed by atoms with Gasteiger partial charge in [0.15, 0.2) is 5.82 Å². The number of nitrogens with zero attached hydrogens (tertiary/aromatic N) is 5. The van der Waals surface area contributed by atoms with E-state index in [1.54, 1.807) is 4.90 Å². The van der Waals surface area contributed by atoms with E-state index >= 15 is 4.39 Å². The van der Waals surface area contributed by atoms with Crippen molar-refractivity contribution < 1.29 is 27.8 Å². The number of nitrogen functional groups attached to an aromatic ring is 1. The highest BCUT2D eigenvalue weighted by molar-refractivity contribution is 7.23. The number of alkyl halides is 1. The lowest BCUT2D eigenvalue weighted by molar-refractivity contribution is -0.141. The molecule has 2 aromatic heterocycles. The second-order valence-corrected chi connectivity index (χ2v) is 13.5. The number of fused-ring (bicyclic) bond motifs is 3. The van der Waals surface area contributed by atoms with Gasteiger partial charge >= 0.3 is 12.0 Å². The summed E-state index contributed by atoms with van der Waals surface area (Å²) in [7, 11) is 0. The Bertz CT molecular complexity index is 1920. The molecule has 9 nitrogen and oxygen atoms in total. The van der Waals surface area contributed by atoms with Gasteiger partial charge in [-0.2, -0.15) is 15.2 Å². The minimum atomic E-state index is -0.970. The van der Waals surface area contributed by atoms with Crippen LogP contribution in [-0.4, -0.2) is 70.4 Å². The van der Waals surface area contributed by atoms with Crippen molar-refractivity contribution >= 4 is 60.7 Å². The van der Waals surface area contributed by atoms with Crippen molar-refractivity contribution in [3.8, 4) is 23.2 Å². The molecule has 7 rings (SSSR count). The average molecular weight is 657 g/mol. The van der Waals surface area contributed by atoms with Crippen LogP contribution < -0.4 is 15.4 Å². The molecule has 234 valence electrons. The van der Waals surface area contributed by atoms with E-state index in [9.17, 15) is 23.9 Å². The number of ether oxygens (including phenoxy) is 1. The first-order valence-electron chi connectivity index (χ1n) is 14.7. The molecule has 0 bridgehead atoms. The second-order valence-electron chi connectivity index (χ2n) is 12.0. The Morgan fingerprint density at radius 3 is 2.87 bits per heavy atom. The Kier molecular flexibility index (Phi) is 7.42. The lowest BCUT2D eigenvalue weighted by Gasteiger charge is -2.33. The van der Waals surface area contributed by atoms with Crippen molar-refractivity contribution in [3.05, 3.63) is 40.4 Å². The van der Waals surface area contributed by atoms with Gasteiger partial charge in [-0.15, -0.1) is 11.3 Å². The number of nitrogens with two attached hydrogens (primary N) is 1. The molecule has 3 N–H and O–H groups in total. The summed E-state index contributed by atoms with van der Waals surface area (Å²) in [6.45, 7) is 1.81. The lowest BCUT2D eigenvalue weighted by Crippen LogP contribution is -2.43. The summed E-state index contributed by atoms with van der Waals surface area (Å²) in [6, 6.07) is 5.88. The zero-order chi connectivity index (χ0) is 31.6. The van der Waals surface area contributed by atoms with Crippen LogP contribution >= 0.6 is 22.9 Å². The molecule has 5 heterocycles. The Labute approximate surface area is 265 Å². The molecule has 3 saturated heterocycles. The van der Waals surface area contributed by atoms with E-state index in [1.165, 1.54) is 18.2 Å². The van der Waals surface area contributed by atoms with Gasteiger partial charge in [0.05, 0.1) is 26.7 Å². The molecule has 0 saturated carbocycles. The summed E-state index contributed by atoms with van der Waals surface area (Å²) in [4.78, 5) is 24.8. The van der Waals surface area contributed by atoms with E-state index in [4.69, 9.17) is 22.1 Å². The third kappa shape index (κ3) is 4.90. The summed E-state index contributed by atoms with van der Waals surface area (Å²) in [5.74, 6) is -2.77. The van der Waals surface area contributed by atoms with Crippen LogP contribution in [-0.2, 0) is 4.79 Å². The van der Waals surface area contributed by atoms with Crippen LogP contribution in [0, 0.1) is 28.9 Å². The van der Waals surface area contributed by atoms with Crippen molar-refractivity contribution in [2.24, 2.45) is 5.92 Å². The van der Waals surface area contributed by atoms with Gasteiger partial charge in [-0.1, -0.05) is 17.7 Å². The smallest absolute Gasteiger partial charge is 0.319 e. The maximum Gasteiger partial charge on any atom is 0.319 e. The quantitative estimate of drug-likeness (QED) is 0.251. The highest BCUT2D eigenvalue weighted by atomic mass is 35.5. The first-order chi connectivity index (χ1) is 21.6. The Balaban J connectivity index is 1.39. The highest BCUT2D eigenvalue weighted by Gasteiger charge is 2.49. The first kappa shape index (κ1) is 29.8. The number of nitriles is 1. The number of aliphatic carboxylic acids is 1. The van der Waals surface area contributed by atoms with Crippen LogP contribution in [0.3, 0.4) is 0 Å². The number of thiophene rings is 1. The van der Waals surface area contributed by atoms with Crippen LogP contribution in [0.1, 0.15) is 37.7 Å². The number of hydrogen-bond acceptors (Lipinski definition) is 9. The van der Waals surface area contributed by atoms with Crippen molar-refractivity contribution in [2.45, 2.75) is 43.8 Å². The standard InChI is InChI=1S/C31H28ClF3N6O3S/c32-20-9-18-25(24(35)23(20)17-4-5-21(34)26-22(17)19(11-36)27(37)45-26)38-30(39-28(18)40-7-1-3-15(12-40)29(42)43)44-14-31-6-2-8-41(31)13-16(33)10-31/h4-5,9,15-16H,1-3,6-8,10,12-14,37H2,(H,42,43)/t15?,16-,31+/m1/s1. The third-order valence-corrected chi connectivity index (χ3v) is 10.7. The molecular formula is C31H28ClF3N6O3S.